The Balaban J connectivity index is 1.96. The lowest BCUT2D eigenvalue weighted by molar-refractivity contribution is -0.116. The van der Waals surface area contributed by atoms with E-state index in [0.29, 0.717) is 13.0 Å². The second-order valence-corrected chi connectivity index (χ2v) is 6.35. The summed E-state index contributed by atoms with van der Waals surface area (Å²) < 4.78 is 0. The fourth-order valence-electron chi connectivity index (χ4n) is 2.33. The van der Waals surface area contributed by atoms with Gasteiger partial charge in [-0.2, -0.15) is 11.8 Å². The van der Waals surface area contributed by atoms with Crippen molar-refractivity contribution in [2.24, 2.45) is 5.73 Å². The van der Waals surface area contributed by atoms with Crippen LogP contribution in [0.15, 0.2) is 18.2 Å². The van der Waals surface area contributed by atoms with Gasteiger partial charge in [0.1, 0.15) is 0 Å². The number of anilines is 1. The largest absolute Gasteiger partial charge is 0.330 e. The van der Waals surface area contributed by atoms with Gasteiger partial charge in [-0.15, -0.1) is 0 Å². The summed E-state index contributed by atoms with van der Waals surface area (Å²) in [6, 6.07) is 6.27. The van der Waals surface area contributed by atoms with Crippen LogP contribution in [0.5, 0.6) is 0 Å². The van der Waals surface area contributed by atoms with Crippen molar-refractivity contribution in [1.82, 2.24) is 4.90 Å². The van der Waals surface area contributed by atoms with Crippen molar-refractivity contribution in [3.8, 4) is 0 Å². The van der Waals surface area contributed by atoms with Crippen LogP contribution in [0.25, 0.3) is 0 Å². The molecule has 4 nitrogen and oxygen atoms in total. The molecule has 20 heavy (non-hydrogen) atoms. The third-order valence-electron chi connectivity index (χ3n) is 3.45. The van der Waals surface area contributed by atoms with Crippen LogP contribution in [0.1, 0.15) is 17.5 Å². The number of nitrogens with two attached hydrogens (primary N) is 1. The number of benzene rings is 1. The molecule has 0 aromatic heterocycles. The summed E-state index contributed by atoms with van der Waals surface area (Å²) in [6.45, 7) is 5.75. The number of carbonyl (C=O) groups excluding carboxylic acids is 1. The number of aryl methyl sites for hydroxylation is 1. The summed E-state index contributed by atoms with van der Waals surface area (Å²) in [6.07, 6.45) is 0.368. The first kappa shape index (κ1) is 15.4. The molecule has 1 amide bonds. The molecule has 3 N–H and O–H groups in total. The minimum Gasteiger partial charge on any atom is -0.330 e. The Hall–Kier alpha value is -1.04. The molecule has 0 atom stereocenters. The minimum atomic E-state index is -0.0172. The van der Waals surface area contributed by atoms with E-state index in [-0.39, 0.29) is 5.91 Å². The zero-order valence-corrected chi connectivity index (χ0v) is 12.8. The van der Waals surface area contributed by atoms with Crippen LogP contribution < -0.4 is 11.1 Å². The highest BCUT2D eigenvalue weighted by atomic mass is 32.2. The summed E-state index contributed by atoms with van der Waals surface area (Å²) >= 11 is 2.03. The summed E-state index contributed by atoms with van der Waals surface area (Å²) in [5, 5.41) is 2.91. The van der Waals surface area contributed by atoms with Gasteiger partial charge >= 0.3 is 0 Å². The third-order valence-corrected chi connectivity index (χ3v) is 4.39. The zero-order chi connectivity index (χ0) is 14.4. The lowest BCUT2D eigenvalue weighted by Gasteiger charge is -2.26. The van der Waals surface area contributed by atoms with Gasteiger partial charge in [0.2, 0.25) is 5.91 Å². The Kier molecular flexibility index (Phi) is 5.88. The van der Waals surface area contributed by atoms with Crippen LogP contribution >= 0.6 is 11.8 Å². The maximum absolute atomic E-state index is 11.6. The van der Waals surface area contributed by atoms with Crippen molar-refractivity contribution in [2.45, 2.75) is 19.9 Å². The molecule has 0 unspecified atom stereocenters. The topological polar surface area (TPSA) is 58.4 Å². The van der Waals surface area contributed by atoms with Crippen LogP contribution in [0.2, 0.25) is 0 Å². The molecular weight excluding hydrogens is 270 g/mol. The number of nitrogens with one attached hydrogen (secondary N) is 1. The lowest BCUT2D eigenvalue weighted by Crippen LogP contribution is -2.31. The first-order valence-electron chi connectivity index (χ1n) is 7.08. The molecular formula is C15H23N3OS. The molecule has 0 saturated carbocycles. The molecule has 110 valence electrons. The monoisotopic (exact) mass is 293 g/mol. The molecule has 0 spiro atoms. The van der Waals surface area contributed by atoms with Crippen molar-refractivity contribution in [3.05, 3.63) is 29.3 Å². The summed E-state index contributed by atoms with van der Waals surface area (Å²) in [5.74, 6) is 2.44. The van der Waals surface area contributed by atoms with Crippen molar-refractivity contribution >= 4 is 23.4 Å². The molecule has 0 radical (unpaired) electrons. The molecule has 1 saturated heterocycles. The van der Waals surface area contributed by atoms with Gasteiger partial charge in [-0.05, 0) is 24.1 Å². The van der Waals surface area contributed by atoms with E-state index >= 15 is 0 Å². The van der Waals surface area contributed by atoms with Crippen molar-refractivity contribution in [2.75, 3.05) is 36.5 Å². The zero-order valence-electron chi connectivity index (χ0n) is 12.0. The number of hydrogen-bond acceptors (Lipinski definition) is 4. The van der Waals surface area contributed by atoms with E-state index in [1.54, 1.807) is 0 Å². The number of rotatable bonds is 5. The van der Waals surface area contributed by atoms with Crippen LogP contribution in [-0.4, -0.2) is 41.9 Å². The number of thioether (sulfide) groups is 1. The first-order chi connectivity index (χ1) is 9.69. The average Bonchev–Trinajstić information content (AvgIpc) is 2.43. The summed E-state index contributed by atoms with van der Waals surface area (Å²) in [7, 11) is 0. The predicted molar refractivity (Wildman–Crippen MR) is 86.1 cm³/mol. The van der Waals surface area contributed by atoms with Gasteiger partial charge in [0.25, 0.3) is 0 Å². The third kappa shape index (κ3) is 4.51. The Morgan fingerprint density at radius 3 is 2.80 bits per heavy atom. The van der Waals surface area contributed by atoms with E-state index in [0.717, 1.165) is 17.8 Å². The number of carbonyl (C=O) groups is 1. The van der Waals surface area contributed by atoms with E-state index < -0.39 is 0 Å². The molecule has 1 fully saturated rings. The fourth-order valence-corrected chi connectivity index (χ4v) is 3.30. The van der Waals surface area contributed by atoms with Gasteiger partial charge in [0, 0.05) is 49.8 Å². The maximum atomic E-state index is 11.6. The van der Waals surface area contributed by atoms with Crippen molar-refractivity contribution < 1.29 is 4.79 Å². The van der Waals surface area contributed by atoms with E-state index in [4.69, 9.17) is 5.73 Å². The average molecular weight is 293 g/mol. The predicted octanol–water partition coefficient (Wildman–Crippen LogP) is 1.83. The lowest BCUT2D eigenvalue weighted by atomic mass is 10.1. The highest BCUT2D eigenvalue weighted by molar-refractivity contribution is 7.99. The molecule has 1 heterocycles. The van der Waals surface area contributed by atoms with Gasteiger partial charge in [-0.1, -0.05) is 12.1 Å². The molecule has 1 aromatic carbocycles. The number of hydrogen-bond donors (Lipinski definition) is 2. The molecule has 0 bridgehead atoms. The van der Waals surface area contributed by atoms with Crippen LogP contribution in [0.3, 0.4) is 0 Å². The van der Waals surface area contributed by atoms with Crippen molar-refractivity contribution in [3.63, 3.8) is 0 Å². The molecule has 5 heteroatoms. The van der Waals surface area contributed by atoms with E-state index in [1.165, 1.54) is 30.2 Å². The van der Waals surface area contributed by atoms with Gasteiger partial charge in [0.05, 0.1) is 0 Å². The van der Waals surface area contributed by atoms with Crippen LogP contribution in [0.4, 0.5) is 5.69 Å². The first-order valence-corrected chi connectivity index (χ1v) is 8.24. The maximum Gasteiger partial charge on any atom is 0.225 e. The molecule has 1 aromatic rings. The Morgan fingerprint density at radius 1 is 1.40 bits per heavy atom. The van der Waals surface area contributed by atoms with Gasteiger partial charge in [0.15, 0.2) is 0 Å². The van der Waals surface area contributed by atoms with Gasteiger partial charge in [-0.25, -0.2) is 0 Å². The number of amides is 1. The molecule has 0 aliphatic carbocycles. The second-order valence-electron chi connectivity index (χ2n) is 5.12. The van der Waals surface area contributed by atoms with E-state index in [1.807, 2.05) is 24.8 Å². The quantitative estimate of drug-likeness (QED) is 0.869. The fraction of sp³-hybridized carbons (Fsp3) is 0.533. The Bertz CT molecular complexity index is 458. The van der Waals surface area contributed by atoms with E-state index in [9.17, 15) is 4.79 Å². The minimum absolute atomic E-state index is 0.0172. The highest BCUT2D eigenvalue weighted by Crippen LogP contribution is 2.19. The SMILES string of the molecule is Cc1cc(CN2CCSCC2)ccc1NC(=O)CCN. The Labute approximate surface area is 125 Å². The second kappa shape index (κ2) is 7.67. The molecule has 2 rings (SSSR count). The van der Waals surface area contributed by atoms with Crippen LogP contribution in [-0.2, 0) is 11.3 Å². The van der Waals surface area contributed by atoms with Crippen molar-refractivity contribution in [1.29, 1.82) is 0 Å². The molecule has 1 aliphatic heterocycles. The van der Waals surface area contributed by atoms with Gasteiger partial charge < -0.3 is 11.1 Å². The van der Waals surface area contributed by atoms with Gasteiger partial charge in [-0.3, -0.25) is 9.69 Å². The normalized spacial score (nSPS) is 16.1. The molecule has 1 aliphatic rings. The highest BCUT2D eigenvalue weighted by Gasteiger charge is 2.11. The van der Waals surface area contributed by atoms with E-state index in [2.05, 4.69) is 22.3 Å². The number of nitrogens with zero attached hydrogens (tertiary/aromatic N) is 1. The Morgan fingerprint density at radius 2 is 2.15 bits per heavy atom. The standard InChI is InChI=1S/C15H23N3OS/c1-12-10-13(11-18-6-8-20-9-7-18)2-3-14(12)17-15(19)4-5-16/h2-3,10H,4-9,11,16H2,1H3,(H,17,19). The summed E-state index contributed by atoms with van der Waals surface area (Å²) in [4.78, 5) is 14.0. The van der Waals surface area contributed by atoms with Crippen LogP contribution in [0, 0.1) is 6.92 Å². The smallest absolute Gasteiger partial charge is 0.225 e. The summed E-state index contributed by atoms with van der Waals surface area (Å²) in [5.41, 5.74) is 8.69.